The van der Waals surface area contributed by atoms with Crippen LogP contribution in [0.2, 0.25) is 0 Å². The lowest BCUT2D eigenvalue weighted by atomic mass is 9.93. The summed E-state index contributed by atoms with van der Waals surface area (Å²) in [7, 11) is 0. The number of hydrogen-bond acceptors (Lipinski definition) is 5. The van der Waals surface area contributed by atoms with Gasteiger partial charge in [-0.25, -0.2) is 9.97 Å². The van der Waals surface area contributed by atoms with E-state index < -0.39 is 0 Å². The molecule has 0 unspecified atom stereocenters. The SMILES string of the molecule is CC(C)(C)C(=O)NCC1CCN(c2cnc(-c3ccco3)c(-c3ccccc3)n2)CC1. The van der Waals surface area contributed by atoms with Crippen LogP contribution in [0.4, 0.5) is 5.82 Å². The van der Waals surface area contributed by atoms with Gasteiger partial charge in [0.25, 0.3) is 0 Å². The number of piperidine rings is 1. The van der Waals surface area contributed by atoms with Crippen molar-refractivity contribution in [3.05, 3.63) is 54.9 Å². The van der Waals surface area contributed by atoms with E-state index in [1.807, 2.05) is 69.4 Å². The zero-order valence-corrected chi connectivity index (χ0v) is 18.5. The molecule has 3 heterocycles. The number of aromatic nitrogens is 2. The Bertz CT molecular complexity index is 1000. The first-order valence-corrected chi connectivity index (χ1v) is 10.9. The number of hydrogen-bond donors (Lipinski definition) is 1. The van der Waals surface area contributed by atoms with Crippen LogP contribution < -0.4 is 10.2 Å². The first kappa shape index (κ1) is 21.1. The average Bonchev–Trinajstić information content (AvgIpc) is 3.32. The van der Waals surface area contributed by atoms with Crippen LogP contribution in [0.5, 0.6) is 0 Å². The average molecular weight is 419 g/mol. The third kappa shape index (κ3) is 4.95. The smallest absolute Gasteiger partial charge is 0.225 e. The van der Waals surface area contributed by atoms with Crippen molar-refractivity contribution < 1.29 is 9.21 Å². The number of carbonyl (C=O) groups is 1. The Hall–Kier alpha value is -3.15. The van der Waals surface area contributed by atoms with E-state index in [0.717, 1.165) is 55.2 Å². The summed E-state index contributed by atoms with van der Waals surface area (Å²) in [6, 6.07) is 13.9. The molecule has 6 heteroatoms. The number of carbonyl (C=O) groups excluding carboxylic acids is 1. The van der Waals surface area contributed by atoms with Gasteiger partial charge in [0, 0.05) is 30.6 Å². The zero-order chi connectivity index (χ0) is 21.8. The van der Waals surface area contributed by atoms with E-state index in [2.05, 4.69) is 10.2 Å². The van der Waals surface area contributed by atoms with E-state index in [9.17, 15) is 4.79 Å². The number of nitrogens with one attached hydrogen (secondary N) is 1. The van der Waals surface area contributed by atoms with Crippen molar-refractivity contribution in [3.63, 3.8) is 0 Å². The minimum Gasteiger partial charge on any atom is -0.463 e. The predicted octanol–water partition coefficient (Wildman–Crippen LogP) is 4.78. The third-order valence-electron chi connectivity index (χ3n) is 5.73. The minimum atomic E-state index is -0.347. The second kappa shape index (κ2) is 8.92. The number of furan rings is 1. The van der Waals surface area contributed by atoms with Crippen molar-refractivity contribution in [1.29, 1.82) is 0 Å². The molecular formula is C25H30N4O2. The number of nitrogens with zero attached hydrogens (tertiary/aromatic N) is 3. The van der Waals surface area contributed by atoms with E-state index >= 15 is 0 Å². The minimum absolute atomic E-state index is 0.113. The van der Waals surface area contributed by atoms with Crippen LogP contribution in [-0.4, -0.2) is 35.5 Å². The highest BCUT2D eigenvalue weighted by atomic mass is 16.3. The quantitative estimate of drug-likeness (QED) is 0.645. The van der Waals surface area contributed by atoms with Crippen LogP contribution >= 0.6 is 0 Å². The monoisotopic (exact) mass is 418 g/mol. The van der Waals surface area contributed by atoms with Gasteiger partial charge >= 0.3 is 0 Å². The lowest BCUT2D eigenvalue weighted by Crippen LogP contribution is -2.42. The van der Waals surface area contributed by atoms with Gasteiger partial charge in [-0.05, 0) is 30.9 Å². The molecule has 1 amide bonds. The highest BCUT2D eigenvalue weighted by Crippen LogP contribution is 2.31. The number of anilines is 1. The van der Waals surface area contributed by atoms with E-state index in [1.165, 1.54) is 0 Å². The van der Waals surface area contributed by atoms with Crippen LogP contribution in [0, 0.1) is 11.3 Å². The van der Waals surface area contributed by atoms with Gasteiger partial charge in [-0.2, -0.15) is 0 Å². The first-order chi connectivity index (χ1) is 14.9. The predicted molar refractivity (Wildman–Crippen MR) is 123 cm³/mol. The van der Waals surface area contributed by atoms with Crippen LogP contribution in [-0.2, 0) is 4.79 Å². The zero-order valence-electron chi connectivity index (χ0n) is 18.5. The summed E-state index contributed by atoms with van der Waals surface area (Å²) < 4.78 is 5.60. The molecule has 0 spiro atoms. The summed E-state index contributed by atoms with van der Waals surface area (Å²) in [6.45, 7) is 8.38. The molecule has 0 bridgehead atoms. The molecule has 4 rings (SSSR count). The highest BCUT2D eigenvalue weighted by Gasteiger charge is 2.25. The lowest BCUT2D eigenvalue weighted by Gasteiger charge is -2.33. The maximum absolute atomic E-state index is 12.1. The Morgan fingerprint density at radius 3 is 2.48 bits per heavy atom. The van der Waals surface area contributed by atoms with Gasteiger partial charge in [-0.3, -0.25) is 4.79 Å². The molecule has 0 aliphatic carbocycles. The van der Waals surface area contributed by atoms with Crippen LogP contribution in [0.15, 0.2) is 59.3 Å². The number of benzene rings is 1. The molecule has 162 valence electrons. The van der Waals surface area contributed by atoms with Gasteiger partial charge in [0.2, 0.25) is 5.91 Å². The molecule has 1 saturated heterocycles. The van der Waals surface area contributed by atoms with Gasteiger partial charge in [0.15, 0.2) is 5.76 Å². The second-order valence-corrected chi connectivity index (χ2v) is 9.16. The number of amides is 1. The molecule has 0 radical (unpaired) electrons. The largest absolute Gasteiger partial charge is 0.463 e. The Balaban J connectivity index is 1.48. The van der Waals surface area contributed by atoms with Gasteiger partial charge in [0.1, 0.15) is 17.2 Å². The fourth-order valence-electron chi connectivity index (χ4n) is 3.79. The molecule has 0 saturated carbocycles. The summed E-state index contributed by atoms with van der Waals surface area (Å²) >= 11 is 0. The molecular weight excluding hydrogens is 388 g/mol. The van der Waals surface area contributed by atoms with Gasteiger partial charge in [0.05, 0.1) is 12.5 Å². The molecule has 31 heavy (non-hydrogen) atoms. The van der Waals surface area contributed by atoms with Crippen molar-refractivity contribution in [1.82, 2.24) is 15.3 Å². The van der Waals surface area contributed by atoms with Crippen molar-refractivity contribution >= 4 is 11.7 Å². The standard InChI is InChI=1S/C25H30N4O2/c1-25(2,3)24(30)27-16-18-11-13-29(14-12-18)21-17-26-23(20-10-7-15-31-20)22(28-21)19-8-5-4-6-9-19/h4-10,15,17-18H,11-14,16H2,1-3H3,(H,27,30). The molecule has 2 aromatic heterocycles. The molecule has 6 nitrogen and oxygen atoms in total. The normalized spacial score (nSPS) is 15.1. The molecule has 0 atom stereocenters. The van der Waals surface area contributed by atoms with Gasteiger partial charge < -0.3 is 14.6 Å². The first-order valence-electron chi connectivity index (χ1n) is 10.9. The fourth-order valence-corrected chi connectivity index (χ4v) is 3.79. The van der Waals surface area contributed by atoms with E-state index in [4.69, 9.17) is 14.4 Å². The molecule has 1 N–H and O–H groups in total. The molecule has 3 aromatic rings. The topological polar surface area (TPSA) is 71.3 Å². The van der Waals surface area contributed by atoms with Crippen molar-refractivity contribution in [3.8, 4) is 22.7 Å². The lowest BCUT2D eigenvalue weighted by molar-refractivity contribution is -0.128. The maximum Gasteiger partial charge on any atom is 0.225 e. The Kier molecular flexibility index (Phi) is 6.07. The van der Waals surface area contributed by atoms with Gasteiger partial charge in [-0.15, -0.1) is 0 Å². The fraction of sp³-hybridized carbons (Fsp3) is 0.400. The summed E-state index contributed by atoms with van der Waals surface area (Å²) in [5.74, 6) is 2.20. The van der Waals surface area contributed by atoms with Crippen LogP contribution in [0.1, 0.15) is 33.6 Å². The van der Waals surface area contributed by atoms with E-state index in [1.54, 1.807) is 6.26 Å². The highest BCUT2D eigenvalue weighted by molar-refractivity contribution is 5.81. The summed E-state index contributed by atoms with van der Waals surface area (Å²) in [5.41, 5.74) is 2.25. The molecule has 1 aliphatic rings. The molecule has 1 fully saturated rings. The second-order valence-electron chi connectivity index (χ2n) is 9.16. The number of rotatable bonds is 5. The van der Waals surface area contributed by atoms with Crippen LogP contribution in [0.3, 0.4) is 0 Å². The van der Waals surface area contributed by atoms with E-state index in [-0.39, 0.29) is 11.3 Å². The summed E-state index contributed by atoms with van der Waals surface area (Å²) in [5, 5.41) is 3.10. The molecule has 1 aliphatic heterocycles. The Morgan fingerprint density at radius 2 is 1.84 bits per heavy atom. The van der Waals surface area contributed by atoms with E-state index in [0.29, 0.717) is 11.7 Å². The summed E-state index contributed by atoms with van der Waals surface area (Å²) in [4.78, 5) is 24.1. The van der Waals surface area contributed by atoms with Gasteiger partial charge in [-0.1, -0.05) is 51.1 Å². The maximum atomic E-state index is 12.1. The van der Waals surface area contributed by atoms with Crippen molar-refractivity contribution in [2.75, 3.05) is 24.5 Å². The third-order valence-corrected chi connectivity index (χ3v) is 5.73. The van der Waals surface area contributed by atoms with Crippen molar-refractivity contribution in [2.45, 2.75) is 33.6 Å². The molecule has 1 aromatic carbocycles. The van der Waals surface area contributed by atoms with Crippen molar-refractivity contribution in [2.24, 2.45) is 11.3 Å². The Morgan fingerprint density at radius 1 is 1.10 bits per heavy atom. The summed E-state index contributed by atoms with van der Waals surface area (Å²) in [6.07, 6.45) is 5.54. The Labute approximate surface area is 183 Å². The van der Waals surface area contributed by atoms with Crippen LogP contribution in [0.25, 0.3) is 22.7 Å².